The molecule has 0 aliphatic rings. The second kappa shape index (κ2) is 7.86. The van der Waals surface area contributed by atoms with Crippen molar-refractivity contribution in [1.29, 1.82) is 0 Å². The Morgan fingerprint density at radius 1 is 0.808 bits per heavy atom. The van der Waals surface area contributed by atoms with Crippen LogP contribution in [-0.4, -0.2) is 23.3 Å². The number of rotatable bonds is 4. The highest BCUT2D eigenvalue weighted by molar-refractivity contribution is 6.13. The van der Waals surface area contributed by atoms with Crippen LogP contribution < -0.4 is 0 Å². The Labute approximate surface area is 157 Å². The molecule has 0 aliphatic carbocycles. The number of carbonyl (C=O) groups excluding carboxylic acids is 1. The summed E-state index contributed by atoms with van der Waals surface area (Å²) in [4.78, 5) is 17.8. The molecular weight excluding hydrogens is 322 g/mol. The van der Waals surface area contributed by atoms with E-state index in [2.05, 4.69) is 0 Å². The minimum absolute atomic E-state index is 0.297. The summed E-state index contributed by atoms with van der Waals surface area (Å²) < 4.78 is 5.65. The molecule has 0 saturated carbocycles. The highest BCUT2D eigenvalue weighted by Crippen LogP contribution is 2.27. The lowest BCUT2D eigenvalue weighted by Gasteiger charge is -2.30. The zero-order chi connectivity index (χ0) is 19.4. The standard InChI is InChI=1S/C23H29NO2/c1-22(2,3)20(21(25)26-23(4,5)6)24-19(17-13-9-7-10-14-17)18-15-11-8-12-16-18/h7-16,20H,1-6H3/t20-/m1/s1. The van der Waals surface area contributed by atoms with Crippen molar-refractivity contribution in [3.63, 3.8) is 0 Å². The average molecular weight is 351 g/mol. The largest absolute Gasteiger partial charge is 0.458 e. The molecule has 1 atom stereocenters. The van der Waals surface area contributed by atoms with Crippen molar-refractivity contribution in [3.8, 4) is 0 Å². The zero-order valence-electron chi connectivity index (χ0n) is 16.6. The molecule has 26 heavy (non-hydrogen) atoms. The molecule has 0 saturated heterocycles. The van der Waals surface area contributed by atoms with Crippen LogP contribution in [0.25, 0.3) is 0 Å². The van der Waals surface area contributed by atoms with Gasteiger partial charge in [-0.3, -0.25) is 4.99 Å². The SMILES string of the molecule is CC(C)(C)OC(=O)[C@@H](N=C(c1ccccc1)c1ccccc1)C(C)(C)C. The maximum atomic E-state index is 12.9. The lowest BCUT2D eigenvalue weighted by Crippen LogP contribution is -2.39. The Kier molecular flexibility index (Phi) is 6.01. The number of esters is 1. The summed E-state index contributed by atoms with van der Waals surface area (Å²) in [7, 11) is 0. The molecule has 138 valence electrons. The zero-order valence-corrected chi connectivity index (χ0v) is 16.6. The summed E-state index contributed by atoms with van der Waals surface area (Å²) in [5, 5.41) is 0. The molecule has 2 aromatic rings. The van der Waals surface area contributed by atoms with E-state index in [-0.39, 0.29) is 11.4 Å². The van der Waals surface area contributed by atoms with Crippen LogP contribution in [0.3, 0.4) is 0 Å². The summed E-state index contributed by atoms with van der Waals surface area (Å²) in [6.45, 7) is 11.7. The van der Waals surface area contributed by atoms with E-state index in [1.54, 1.807) is 0 Å². The van der Waals surface area contributed by atoms with Crippen molar-refractivity contribution in [1.82, 2.24) is 0 Å². The lowest BCUT2D eigenvalue weighted by atomic mass is 9.86. The second-order valence-corrected chi connectivity index (χ2v) is 8.51. The van der Waals surface area contributed by atoms with Crippen LogP contribution >= 0.6 is 0 Å². The first kappa shape index (κ1) is 19.9. The molecule has 0 N–H and O–H groups in total. The number of benzene rings is 2. The van der Waals surface area contributed by atoms with Gasteiger partial charge in [0, 0.05) is 11.1 Å². The quantitative estimate of drug-likeness (QED) is 0.555. The fraction of sp³-hybridized carbons (Fsp3) is 0.391. The van der Waals surface area contributed by atoms with E-state index < -0.39 is 11.6 Å². The molecule has 0 spiro atoms. The molecule has 2 aromatic carbocycles. The number of hydrogen-bond acceptors (Lipinski definition) is 3. The minimum Gasteiger partial charge on any atom is -0.458 e. The van der Waals surface area contributed by atoms with Crippen molar-refractivity contribution in [2.75, 3.05) is 0 Å². The number of hydrogen-bond donors (Lipinski definition) is 0. The Balaban J connectivity index is 2.55. The van der Waals surface area contributed by atoms with Gasteiger partial charge in [-0.05, 0) is 26.2 Å². The first-order valence-electron chi connectivity index (χ1n) is 8.99. The van der Waals surface area contributed by atoms with Crippen molar-refractivity contribution >= 4 is 11.7 Å². The van der Waals surface area contributed by atoms with Crippen LogP contribution in [0.5, 0.6) is 0 Å². The van der Waals surface area contributed by atoms with Gasteiger partial charge in [-0.15, -0.1) is 0 Å². The van der Waals surface area contributed by atoms with E-state index >= 15 is 0 Å². The molecule has 0 fully saturated rings. The number of ether oxygens (including phenoxy) is 1. The van der Waals surface area contributed by atoms with Gasteiger partial charge in [-0.1, -0.05) is 81.4 Å². The van der Waals surface area contributed by atoms with Gasteiger partial charge in [-0.2, -0.15) is 0 Å². The van der Waals surface area contributed by atoms with Crippen molar-refractivity contribution in [2.45, 2.75) is 53.2 Å². The van der Waals surface area contributed by atoms with Gasteiger partial charge >= 0.3 is 5.97 Å². The van der Waals surface area contributed by atoms with Gasteiger partial charge in [0.15, 0.2) is 6.04 Å². The topological polar surface area (TPSA) is 38.7 Å². The van der Waals surface area contributed by atoms with Gasteiger partial charge < -0.3 is 4.74 Å². The van der Waals surface area contributed by atoms with Gasteiger partial charge in [0.05, 0.1) is 5.71 Å². The van der Waals surface area contributed by atoms with Crippen LogP contribution in [0.15, 0.2) is 65.7 Å². The Morgan fingerprint density at radius 2 is 1.23 bits per heavy atom. The molecule has 0 aromatic heterocycles. The number of carbonyl (C=O) groups is 1. The van der Waals surface area contributed by atoms with Gasteiger partial charge in [-0.25, -0.2) is 4.79 Å². The first-order valence-corrected chi connectivity index (χ1v) is 8.99. The summed E-state index contributed by atoms with van der Waals surface area (Å²) in [5.41, 5.74) is 1.86. The molecule has 0 amide bonds. The lowest BCUT2D eigenvalue weighted by molar-refractivity contribution is -0.159. The average Bonchev–Trinajstić information content (AvgIpc) is 2.54. The van der Waals surface area contributed by atoms with Gasteiger partial charge in [0.2, 0.25) is 0 Å². The molecule has 0 unspecified atom stereocenters. The molecule has 2 rings (SSSR count). The molecular formula is C23H29NO2. The maximum Gasteiger partial charge on any atom is 0.331 e. The molecule has 3 heteroatoms. The summed E-state index contributed by atoms with van der Waals surface area (Å²) in [6, 6.07) is 19.3. The van der Waals surface area contributed by atoms with Crippen LogP contribution in [0.4, 0.5) is 0 Å². The number of nitrogens with zero attached hydrogens (tertiary/aromatic N) is 1. The third-order valence-corrected chi connectivity index (χ3v) is 3.80. The van der Waals surface area contributed by atoms with Crippen molar-refractivity contribution < 1.29 is 9.53 Å². The van der Waals surface area contributed by atoms with Crippen LogP contribution in [0.1, 0.15) is 52.7 Å². The third-order valence-electron chi connectivity index (χ3n) is 3.80. The number of aliphatic imine (C=N–C) groups is 1. The van der Waals surface area contributed by atoms with E-state index in [1.807, 2.05) is 102 Å². The molecule has 3 nitrogen and oxygen atoms in total. The third kappa shape index (κ3) is 5.55. The van der Waals surface area contributed by atoms with Gasteiger partial charge in [0.1, 0.15) is 5.60 Å². The fourth-order valence-electron chi connectivity index (χ4n) is 2.59. The van der Waals surface area contributed by atoms with Gasteiger partial charge in [0.25, 0.3) is 0 Å². The Bertz CT molecular complexity index is 709. The van der Waals surface area contributed by atoms with E-state index in [9.17, 15) is 4.79 Å². The van der Waals surface area contributed by atoms with E-state index in [1.165, 1.54) is 0 Å². The summed E-state index contributed by atoms with van der Waals surface area (Å²) in [6.07, 6.45) is 0. The molecule has 0 radical (unpaired) electrons. The van der Waals surface area contributed by atoms with Crippen LogP contribution in [0.2, 0.25) is 0 Å². The highest BCUT2D eigenvalue weighted by Gasteiger charge is 2.35. The van der Waals surface area contributed by atoms with Crippen LogP contribution in [0, 0.1) is 5.41 Å². The minimum atomic E-state index is -0.600. The normalized spacial score (nSPS) is 13.0. The molecule has 0 heterocycles. The van der Waals surface area contributed by atoms with Crippen molar-refractivity contribution in [3.05, 3.63) is 71.8 Å². The summed E-state index contributed by atoms with van der Waals surface area (Å²) >= 11 is 0. The van der Waals surface area contributed by atoms with E-state index in [0.29, 0.717) is 0 Å². The molecule has 0 bridgehead atoms. The summed E-state index contributed by atoms with van der Waals surface area (Å²) in [5.74, 6) is -0.297. The van der Waals surface area contributed by atoms with E-state index in [4.69, 9.17) is 9.73 Å². The molecule has 0 aliphatic heterocycles. The Hall–Kier alpha value is -2.42. The maximum absolute atomic E-state index is 12.9. The van der Waals surface area contributed by atoms with Crippen molar-refractivity contribution in [2.24, 2.45) is 10.4 Å². The van der Waals surface area contributed by atoms with E-state index in [0.717, 1.165) is 16.8 Å². The second-order valence-electron chi connectivity index (χ2n) is 8.51. The smallest absolute Gasteiger partial charge is 0.331 e. The van der Waals surface area contributed by atoms with Crippen LogP contribution in [-0.2, 0) is 9.53 Å². The monoisotopic (exact) mass is 351 g/mol. The first-order chi connectivity index (χ1) is 12.1. The predicted octanol–water partition coefficient (Wildman–Crippen LogP) is 5.28. The predicted molar refractivity (Wildman–Crippen MR) is 108 cm³/mol. The Morgan fingerprint density at radius 3 is 1.58 bits per heavy atom. The fourth-order valence-corrected chi connectivity index (χ4v) is 2.59. The highest BCUT2D eigenvalue weighted by atomic mass is 16.6.